The first-order chi connectivity index (χ1) is 6.06. The van der Waals surface area contributed by atoms with Crippen LogP contribution in [0.3, 0.4) is 0 Å². The van der Waals surface area contributed by atoms with Gasteiger partial charge >= 0.3 is 0 Å². The molecule has 1 aromatic rings. The van der Waals surface area contributed by atoms with E-state index in [9.17, 15) is 4.79 Å². The smallest absolute Gasteiger partial charge is 0.235 e. The lowest BCUT2D eigenvalue weighted by molar-refractivity contribution is 0.522. The highest BCUT2D eigenvalue weighted by Gasteiger charge is 2.19. The van der Waals surface area contributed by atoms with Gasteiger partial charge in [-0.1, -0.05) is 17.7 Å². The Kier molecular flexibility index (Phi) is 2.81. The molecule has 0 spiro atoms. The van der Waals surface area contributed by atoms with E-state index in [4.69, 9.17) is 11.6 Å². The fraction of sp³-hybridized carbons (Fsp3) is 0.333. The molecule has 0 radical (unpaired) electrons. The predicted molar refractivity (Wildman–Crippen MR) is 50.4 cm³/mol. The highest BCUT2D eigenvalue weighted by molar-refractivity contribution is 6.29. The molecule has 0 atom stereocenters. The molecule has 13 heavy (non-hydrogen) atoms. The van der Waals surface area contributed by atoms with Gasteiger partial charge in [0.05, 0.1) is 5.54 Å². The molecule has 1 aromatic heterocycles. The fourth-order valence-corrected chi connectivity index (χ4v) is 1.03. The Balaban J connectivity index is 3.07. The number of aliphatic imine (C=N–C) groups is 1. The van der Waals surface area contributed by atoms with Gasteiger partial charge < -0.3 is 0 Å². The number of hydrogen-bond donors (Lipinski definition) is 0. The van der Waals surface area contributed by atoms with E-state index in [1.165, 1.54) is 6.08 Å². The average Bonchev–Trinajstić information content (AvgIpc) is 2.05. The van der Waals surface area contributed by atoms with Crippen molar-refractivity contribution in [3.8, 4) is 0 Å². The minimum Gasteiger partial charge on any atom is -0.244 e. The molecule has 1 rings (SSSR count). The molecule has 4 heteroatoms. The van der Waals surface area contributed by atoms with Crippen molar-refractivity contribution in [1.82, 2.24) is 4.98 Å². The molecule has 0 saturated heterocycles. The van der Waals surface area contributed by atoms with Crippen LogP contribution in [0.5, 0.6) is 0 Å². The lowest BCUT2D eigenvalue weighted by atomic mass is 9.97. The number of nitrogens with zero attached hydrogens (tertiary/aromatic N) is 2. The predicted octanol–water partition coefficient (Wildman–Crippen LogP) is 2.31. The number of aromatic nitrogens is 1. The van der Waals surface area contributed by atoms with Gasteiger partial charge in [-0.2, -0.15) is 4.99 Å². The van der Waals surface area contributed by atoms with Crippen LogP contribution in [-0.4, -0.2) is 11.1 Å². The maximum Gasteiger partial charge on any atom is 0.235 e. The molecule has 0 amide bonds. The fourth-order valence-electron chi connectivity index (χ4n) is 0.916. The molecule has 0 bridgehead atoms. The summed E-state index contributed by atoms with van der Waals surface area (Å²) in [5, 5.41) is 0.426. The summed E-state index contributed by atoms with van der Waals surface area (Å²) in [5.74, 6) is 0. The van der Waals surface area contributed by atoms with Crippen LogP contribution in [-0.2, 0) is 10.3 Å². The van der Waals surface area contributed by atoms with Gasteiger partial charge in [0.2, 0.25) is 6.08 Å². The maximum absolute atomic E-state index is 10.1. The number of carbonyl (C=O) groups excluding carboxylic acids is 1. The quantitative estimate of drug-likeness (QED) is 0.414. The van der Waals surface area contributed by atoms with E-state index in [-0.39, 0.29) is 0 Å². The van der Waals surface area contributed by atoms with Gasteiger partial charge in [0.15, 0.2) is 0 Å². The van der Waals surface area contributed by atoms with Gasteiger partial charge in [0.25, 0.3) is 0 Å². The molecule has 0 aromatic carbocycles. The van der Waals surface area contributed by atoms with Gasteiger partial charge in [0, 0.05) is 6.20 Å². The lowest BCUT2D eigenvalue weighted by Crippen LogP contribution is -2.13. The second-order valence-electron chi connectivity index (χ2n) is 3.13. The summed E-state index contributed by atoms with van der Waals surface area (Å²) in [6.07, 6.45) is 3.14. The largest absolute Gasteiger partial charge is 0.244 e. The third-order valence-electron chi connectivity index (χ3n) is 1.76. The average molecular weight is 197 g/mol. The summed E-state index contributed by atoms with van der Waals surface area (Å²) in [6, 6.07) is 3.45. The summed E-state index contributed by atoms with van der Waals surface area (Å²) >= 11 is 5.62. The summed E-state index contributed by atoms with van der Waals surface area (Å²) < 4.78 is 0. The standard InChI is InChI=1S/C9H9ClN2O/c1-9(2,12-6-13)7-3-4-8(10)11-5-7/h3-5H,1-2H3. The second-order valence-corrected chi connectivity index (χ2v) is 3.52. The summed E-state index contributed by atoms with van der Waals surface area (Å²) in [7, 11) is 0. The van der Waals surface area contributed by atoms with Crippen LogP contribution in [0.1, 0.15) is 19.4 Å². The molecular weight excluding hydrogens is 188 g/mol. The van der Waals surface area contributed by atoms with Crippen LogP contribution in [0, 0.1) is 0 Å². The van der Waals surface area contributed by atoms with Crippen LogP contribution in [0.25, 0.3) is 0 Å². The van der Waals surface area contributed by atoms with Crippen molar-refractivity contribution in [2.45, 2.75) is 19.4 Å². The van der Waals surface area contributed by atoms with E-state index >= 15 is 0 Å². The number of halogens is 1. The van der Waals surface area contributed by atoms with Gasteiger partial charge in [0.1, 0.15) is 5.15 Å². The van der Waals surface area contributed by atoms with Crippen LogP contribution in [0.15, 0.2) is 23.3 Å². The number of isocyanates is 1. The van der Waals surface area contributed by atoms with E-state index in [0.29, 0.717) is 5.15 Å². The Bertz CT molecular complexity index is 339. The third-order valence-corrected chi connectivity index (χ3v) is 1.98. The third kappa shape index (κ3) is 2.38. The van der Waals surface area contributed by atoms with Crippen LogP contribution < -0.4 is 0 Å². The molecule has 0 unspecified atom stereocenters. The van der Waals surface area contributed by atoms with Gasteiger partial charge in [-0.15, -0.1) is 0 Å². The molecule has 68 valence electrons. The van der Waals surface area contributed by atoms with Crippen molar-refractivity contribution in [3.05, 3.63) is 29.0 Å². The highest BCUT2D eigenvalue weighted by Crippen LogP contribution is 2.23. The molecule has 0 aliphatic rings. The van der Waals surface area contributed by atoms with Crippen molar-refractivity contribution >= 4 is 17.7 Å². The number of hydrogen-bond acceptors (Lipinski definition) is 3. The van der Waals surface area contributed by atoms with Crippen LogP contribution in [0.4, 0.5) is 0 Å². The normalized spacial score (nSPS) is 10.7. The SMILES string of the molecule is CC(C)(N=C=O)c1ccc(Cl)nc1. The molecule has 1 heterocycles. The van der Waals surface area contributed by atoms with E-state index in [1.807, 2.05) is 13.8 Å². The lowest BCUT2D eigenvalue weighted by Gasteiger charge is -2.16. The van der Waals surface area contributed by atoms with E-state index in [2.05, 4.69) is 9.98 Å². The first-order valence-corrected chi connectivity index (χ1v) is 4.15. The number of pyridine rings is 1. The molecule has 0 fully saturated rings. The van der Waals surface area contributed by atoms with Crippen LogP contribution >= 0.6 is 11.6 Å². The van der Waals surface area contributed by atoms with Crippen LogP contribution in [0.2, 0.25) is 5.15 Å². The minimum absolute atomic E-state index is 0.426. The van der Waals surface area contributed by atoms with Crippen molar-refractivity contribution in [3.63, 3.8) is 0 Å². The zero-order valence-electron chi connectivity index (χ0n) is 7.41. The molecular formula is C9H9ClN2O. The van der Waals surface area contributed by atoms with Gasteiger partial charge in [-0.3, -0.25) is 0 Å². The first kappa shape index (κ1) is 9.90. The topological polar surface area (TPSA) is 42.3 Å². The molecule has 0 saturated carbocycles. The monoisotopic (exact) mass is 196 g/mol. The van der Waals surface area contributed by atoms with E-state index in [1.54, 1.807) is 18.3 Å². The first-order valence-electron chi connectivity index (χ1n) is 3.77. The Hall–Kier alpha value is -1.18. The summed E-state index contributed by atoms with van der Waals surface area (Å²) in [6.45, 7) is 3.62. The molecule has 0 aliphatic heterocycles. The highest BCUT2D eigenvalue weighted by atomic mass is 35.5. The zero-order chi connectivity index (χ0) is 9.90. The van der Waals surface area contributed by atoms with Crippen molar-refractivity contribution in [2.75, 3.05) is 0 Å². The Labute approximate surface area is 81.5 Å². The molecule has 3 nitrogen and oxygen atoms in total. The van der Waals surface area contributed by atoms with Gasteiger partial charge in [-0.25, -0.2) is 9.78 Å². The van der Waals surface area contributed by atoms with E-state index < -0.39 is 5.54 Å². The Morgan fingerprint density at radius 3 is 2.69 bits per heavy atom. The van der Waals surface area contributed by atoms with Crippen molar-refractivity contribution in [2.24, 2.45) is 4.99 Å². The minimum atomic E-state index is -0.584. The van der Waals surface area contributed by atoms with Gasteiger partial charge in [-0.05, 0) is 25.5 Å². The Morgan fingerprint density at radius 1 is 1.54 bits per heavy atom. The Morgan fingerprint density at radius 2 is 2.23 bits per heavy atom. The zero-order valence-corrected chi connectivity index (χ0v) is 8.17. The second kappa shape index (κ2) is 3.69. The molecule has 0 N–H and O–H groups in total. The number of rotatable bonds is 2. The van der Waals surface area contributed by atoms with Crippen molar-refractivity contribution in [1.29, 1.82) is 0 Å². The summed E-state index contributed by atoms with van der Waals surface area (Å²) in [4.78, 5) is 17.7. The van der Waals surface area contributed by atoms with Crippen molar-refractivity contribution < 1.29 is 4.79 Å². The molecule has 0 aliphatic carbocycles. The summed E-state index contributed by atoms with van der Waals surface area (Å²) in [5.41, 5.74) is 0.250. The maximum atomic E-state index is 10.1. The van der Waals surface area contributed by atoms with E-state index in [0.717, 1.165) is 5.56 Å².